The van der Waals surface area contributed by atoms with Crippen LogP contribution in [0.5, 0.6) is 0 Å². The summed E-state index contributed by atoms with van der Waals surface area (Å²) in [6.45, 7) is 6.39. The van der Waals surface area contributed by atoms with Gasteiger partial charge in [0.1, 0.15) is 5.57 Å². The van der Waals surface area contributed by atoms with Crippen LogP contribution in [0.3, 0.4) is 0 Å². The molecule has 0 aromatic rings. The molecule has 0 fully saturated rings. The van der Waals surface area contributed by atoms with Crippen molar-refractivity contribution in [3.8, 4) is 0 Å². The zero-order valence-corrected chi connectivity index (χ0v) is 6.96. The van der Waals surface area contributed by atoms with Crippen LogP contribution in [0.25, 0.3) is 0 Å². The van der Waals surface area contributed by atoms with E-state index in [4.69, 9.17) is 14.6 Å². The molecule has 1 heterocycles. The summed E-state index contributed by atoms with van der Waals surface area (Å²) >= 11 is 0. The molecule has 0 saturated carbocycles. The minimum absolute atomic E-state index is 0.0469. The number of hydrogen-bond donors (Lipinski definition) is 1. The van der Waals surface area contributed by atoms with E-state index in [0.717, 1.165) is 0 Å². The maximum atomic E-state index is 11.1. The Kier molecular flexibility index (Phi) is 1.84. The molecule has 0 atom stereocenters. The highest BCUT2D eigenvalue weighted by atomic mass is 16.8. The van der Waals surface area contributed by atoms with Crippen LogP contribution >= 0.6 is 0 Å². The summed E-state index contributed by atoms with van der Waals surface area (Å²) in [4.78, 5) is 11.1. The van der Waals surface area contributed by atoms with Gasteiger partial charge in [0.2, 0.25) is 0 Å². The maximum absolute atomic E-state index is 11.1. The lowest BCUT2D eigenvalue weighted by molar-refractivity contribution is -0.221. The van der Waals surface area contributed by atoms with Gasteiger partial charge >= 0.3 is 5.97 Å². The third-order valence-corrected chi connectivity index (χ3v) is 1.34. The van der Waals surface area contributed by atoms with Gasteiger partial charge in [-0.15, -0.1) is 0 Å². The lowest BCUT2D eigenvalue weighted by Gasteiger charge is -2.29. The summed E-state index contributed by atoms with van der Waals surface area (Å²) < 4.78 is 9.67. The highest BCUT2D eigenvalue weighted by molar-refractivity contribution is 5.92. The van der Waals surface area contributed by atoms with Gasteiger partial charge < -0.3 is 14.6 Å². The molecule has 66 valence electrons. The SMILES string of the molecule is C=CC1=C(O)OC(C)(C)OC1=O. The van der Waals surface area contributed by atoms with Crippen molar-refractivity contribution >= 4 is 5.97 Å². The monoisotopic (exact) mass is 170 g/mol. The van der Waals surface area contributed by atoms with Gasteiger partial charge in [0.05, 0.1) is 0 Å². The van der Waals surface area contributed by atoms with Crippen molar-refractivity contribution in [1.29, 1.82) is 0 Å². The Morgan fingerprint density at radius 3 is 2.50 bits per heavy atom. The molecule has 0 radical (unpaired) electrons. The Labute approximate surface area is 70.1 Å². The van der Waals surface area contributed by atoms with Crippen LogP contribution in [0.1, 0.15) is 13.8 Å². The van der Waals surface area contributed by atoms with E-state index in [1.807, 2.05) is 0 Å². The van der Waals surface area contributed by atoms with Crippen molar-refractivity contribution in [2.24, 2.45) is 0 Å². The number of hydrogen-bond acceptors (Lipinski definition) is 4. The molecule has 0 spiro atoms. The fraction of sp³-hybridized carbons (Fsp3) is 0.375. The van der Waals surface area contributed by atoms with E-state index in [2.05, 4.69) is 6.58 Å². The van der Waals surface area contributed by atoms with Gasteiger partial charge in [0, 0.05) is 13.8 Å². The number of aliphatic hydroxyl groups excluding tert-OH is 1. The summed E-state index contributed by atoms with van der Waals surface area (Å²) in [5.74, 6) is -2.17. The fourth-order valence-electron chi connectivity index (χ4n) is 0.845. The molecule has 4 nitrogen and oxygen atoms in total. The second kappa shape index (κ2) is 2.55. The van der Waals surface area contributed by atoms with E-state index in [0.29, 0.717) is 0 Å². The van der Waals surface area contributed by atoms with Crippen LogP contribution in [0, 0.1) is 0 Å². The van der Waals surface area contributed by atoms with Gasteiger partial charge in [0.15, 0.2) is 0 Å². The number of rotatable bonds is 1. The van der Waals surface area contributed by atoms with Crippen LogP contribution in [-0.4, -0.2) is 16.9 Å². The standard InChI is InChI=1S/C8H10O4/c1-4-5-6(9)11-8(2,3)12-7(5)10/h4,9H,1H2,2-3H3. The van der Waals surface area contributed by atoms with Gasteiger partial charge in [-0.1, -0.05) is 6.58 Å². The van der Waals surface area contributed by atoms with E-state index in [-0.39, 0.29) is 5.57 Å². The first-order valence-electron chi connectivity index (χ1n) is 3.44. The number of ether oxygens (including phenoxy) is 2. The highest BCUT2D eigenvalue weighted by Gasteiger charge is 2.34. The zero-order chi connectivity index (χ0) is 9.35. The summed E-state index contributed by atoms with van der Waals surface area (Å²) in [5.41, 5.74) is -0.0469. The molecule has 12 heavy (non-hydrogen) atoms. The van der Waals surface area contributed by atoms with Gasteiger partial charge in [-0.25, -0.2) is 4.79 Å². The van der Waals surface area contributed by atoms with Crippen molar-refractivity contribution in [3.05, 3.63) is 24.2 Å². The quantitative estimate of drug-likeness (QED) is 0.602. The summed E-state index contributed by atoms with van der Waals surface area (Å²) in [6, 6.07) is 0. The van der Waals surface area contributed by atoms with Gasteiger partial charge in [0.25, 0.3) is 11.7 Å². The second-order valence-electron chi connectivity index (χ2n) is 2.81. The first kappa shape index (κ1) is 8.64. The molecule has 1 aliphatic heterocycles. The van der Waals surface area contributed by atoms with E-state index >= 15 is 0 Å². The molecular formula is C8H10O4. The van der Waals surface area contributed by atoms with Gasteiger partial charge in [-0.3, -0.25) is 0 Å². The van der Waals surface area contributed by atoms with Crippen molar-refractivity contribution in [2.75, 3.05) is 0 Å². The maximum Gasteiger partial charge on any atom is 0.348 e. The first-order chi connectivity index (χ1) is 5.46. The van der Waals surface area contributed by atoms with E-state index in [1.165, 1.54) is 19.9 Å². The molecule has 0 unspecified atom stereocenters. The van der Waals surface area contributed by atoms with Gasteiger partial charge in [-0.2, -0.15) is 0 Å². The third-order valence-electron chi connectivity index (χ3n) is 1.34. The summed E-state index contributed by atoms with van der Waals surface area (Å²) in [5, 5.41) is 9.16. The van der Waals surface area contributed by atoms with Crippen molar-refractivity contribution < 1.29 is 19.4 Å². The molecule has 4 heteroatoms. The molecule has 0 aromatic carbocycles. The minimum atomic E-state index is -1.10. The molecule has 1 rings (SSSR count). The second-order valence-corrected chi connectivity index (χ2v) is 2.81. The predicted octanol–water partition coefficient (Wildman–Crippen LogP) is 1.25. The number of cyclic esters (lactones) is 1. The fourth-order valence-corrected chi connectivity index (χ4v) is 0.845. The molecule has 0 aromatic heterocycles. The highest BCUT2D eigenvalue weighted by Crippen LogP contribution is 2.25. The topological polar surface area (TPSA) is 55.8 Å². The number of aliphatic hydroxyl groups is 1. The lowest BCUT2D eigenvalue weighted by Crippen LogP contribution is -2.36. The van der Waals surface area contributed by atoms with Crippen LogP contribution < -0.4 is 0 Å². The smallest absolute Gasteiger partial charge is 0.348 e. The molecule has 0 saturated heterocycles. The van der Waals surface area contributed by atoms with Crippen molar-refractivity contribution in [3.63, 3.8) is 0 Å². The normalized spacial score (nSPS) is 21.3. The number of carbonyl (C=O) groups is 1. The first-order valence-corrected chi connectivity index (χ1v) is 3.44. The Morgan fingerprint density at radius 2 is 2.08 bits per heavy atom. The van der Waals surface area contributed by atoms with Crippen LogP contribution in [-0.2, 0) is 14.3 Å². The Balaban J connectivity index is 3.02. The molecule has 0 amide bonds. The summed E-state index contributed by atoms with van der Waals surface area (Å²) in [6.07, 6.45) is 1.19. The number of esters is 1. The Morgan fingerprint density at radius 1 is 1.50 bits per heavy atom. The molecule has 0 bridgehead atoms. The average Bonchev–Trinajstić information content (AvgIpc) is 1.82. The third kappa shape index (κ3) is 1.42. The zero-order valence-electron chi connectivity index (χ0n) is 6.96. The Bertz CT molecular complexity index is 262. The van der Waals surface area contributed by atoms with Crippen LogP contribution in [0.15, 0.2) is 24.2 Å². The van der Waals surface area contributed by atoms with Crippen molar-refractivity contribution in [1.82, 2.24) is 0 Å². The predicted molar refractivity (Wildman–Crippen MR) is 41.1 cm³/mol. The average molecular weight is 170 g/mol. The molecular weight excluding hydrogens is 160 g/mol. The van der Waals surface area contributed by atoms with Crippen LogP contribution in [0.4, 0.5) is 0 Å². The van der Waals surface area contributed by atoms with E-state index < -0.39 is 17.7 Å². The van der Waals surface area contributed by atoms with Crippen LogP contribution in [0.2, 0.25) is 0 Å². The largest absolute Gasteiger partial charge is 0.480 e. The van der Waals surface area contributed by atoms with E-state index in [1.54, 1.807) is 0 Å². The number of carbonyl (C=O) groups excluding carboxylic acids is 1. The van der Waals surface area contributed by atoms with E-state index in [9.17, 15) is 4.79 Å². The summed E-state index contributed by atoms with van der Waals surface area (Å²) in [7, 11) is 0. The Hall–Kier alpha value is -1.45. The van der Waals surface area contributed by atoms with Crippen molar-refractivity contribution in [2.45, 2.75) is 19.6 Å². The molecule has 1 aliphatic rings. The molecule has 0 aliphatic carbocycles. The minimum Gasteiger partial charge on any atom is -0.480 e. The molecule has 1 N–H and O–H groups in total. The van der Waals surface area contributed by atoms with Gasteiger partial charge in [-0.05, 0) is 6.08 Å². The lowest BCUT2D eigenvalue weighted by atomic mass is 10.2.